The first-order valence-corrected chi connectivity index (χ1v) is 9.33. The fourth-order valence-electron chi connectivity index (χ4n) is 4.09. The van der Waals surface area contributed by atoms with Crippen LogP contribution in [0.5, 0.6) is 0 Å². The van der Waals surface area contributed by atoms with E-state index in [9.17, 15) is 4.79 Å². The van der Waals surface area contributed by atoms with Gasteiger partial charge < -0.3 is 10.2 Å². The third-order valence-electron chi connectivity index (χ3n) is 5.64. The number of urea groups is 1. The molecule has 1 atom stereocenters. The minimum Gasteiger partial charge on any atom is -0.334 e. The zero-order valence-electron chi connectivity index (χ0n) is 14.8. The van der Waals surface area contributed by atoms with Gasteiger partial charge in [-0.3, -0.25) is 9.88 Å². The fourth-order valence-corrected chi connectivity index (χ4v) is 4.09. The number of para-hydroxylation sites is 1. The molecule has 4 rings (SSSR count). The average Bonchev–Trinajstić information content (AvgIpc) is 2.60. The van der Waals surface area contributed by atoms with Crippen LogP contribution >= 0.6 is 0 Å². The Hall–Kier alpha value is -2.14. The van der Waals surface area contributed by atoms with E-state index in [0.29, 0.717) is 18.6 Å². The Morgan fingerprint density at radius 1 is 1.24 bits per heavy atom. The van der Waals surface area contributed by atoms with E-state index in [-0.39, 0.29) is 6.03 Å². The Labute approximate surface area is 149 Å². The number of pyridine rings is 1. The number of benzene rings is 1. The number of amides is 2. The van der Waals surface area contributed by atoms with Gasteiger partial charge in [-0.25, -0.2) is 4.79 Å². The van der Waals surface area contributed by atoms with Crippen molar-refractivity contribution < 1.29 is 4.79 Å². The van der Waals surface area contributed by atoms with E-state index in [1.165, 1.54) is 25.8 Å². The van der Waals surface area contributed by atoms with Crippen LogP contribution in [0.2, 0.25) is 0 Å². The topological polar surface area (TPSA) is 48.5 Å². The van der Waals surface area contributed by atoms with Crippen molar-refractivity contribution in [1.82, 2.24) is 20.1 Å². The first-order chi connectivity index (χ1) is 12.2. The molecule has 3 heterocycles. The summed E-state index contributed by atoms with van der Waals surface area (Å²) in [5.74, 6) is 0. The number of carbonyl (C=O) groups is 1. The van der Waals surface area contributed by atoms with Gasteiger partial charge in [0.05, 0.1) is 5.52 Å². The monoisotopic (exact) mass is 338 g/mol. The number of carbonyl (C=O) groups excluding carboxylic acids is 1. The molecule has 2 saturated heterocycles. The standard InChI is InChI=1S/C20H26N4O/c1-15-6-4-5-11-24(15)17-13-23(14-17)20(25)22-12-16-9-10-21-19-8-3-2-7-18(16)19/h2-3,7-10,15,17H,4-6,11-14H2,1H3,(H,22,25). The Morgan fingerprint density at radius 2 is 2.08 bits per heavy atom. The highest BCUT2D eigenvalue weighted by Crippen LogP contribution is 2.24. The highest BCUT2D eigenvalue weighted by Gasteiger charge is 2.37. The molecule has 2 aliphatic rings. The van der Waals surface area contributed by atoms with Gasteiger partial charge in [-0.1, -0.05) is 24.6 Å². The quantitative estimate of drug-likeness (QED) is 0.936. The molecule has 0 radical (unpaired) electrons. The lowest BCUT2D eigenvalue weighted by Gasteiger charge is -2.49. The van der Waals surface area contributed by atoms with Crippen LogP contribution in [0.4, 0.5) is 4.79 Å². The maximum atomic E-state index is 12.4. The lowest BCUT2D eigenvalue weighted by atomic mass is 9.98. The fraction of sp³-hybridized carbons (Fsp3) is 0.500. The van der Waals surface area contributed by atoms with E-state index in [1.54, 1.807) is 6.20 Å². The summed E-state index contributed by atoms with van der Waals surface area (Å²) in [6.07, 6.45) is 5.73. The first kappa shape index (κ1) is 16.3. The summed E-state index contributed by atoms with van der Waals surface area (Å²) in [5.41, 5.74) is 2.08. The van der Waals surface area contributed by atoms with Crippen molar-refractivity contribution in [3.8, 4) is 0 Å². The molecule has 2 amide bonds. The molecule has 0 bridgehead atoms. The molecule has 0 spiro atoms. The van der Waals surface area contributed by atoms with E-state index in [4.69, 9.17) is 0 Å². The normalized spacial score (nSPS) is 22.0. The molecule has 1 N–H and O–H groups in total. The Kier molecular flexibility index (Phi) is 4.57. The van der Waals surface area contributed by atoms with Crippen LogP contribution in [0.3, 0.4) is 0 Å². The van der Waals surface area contributed by atoms with Gasteiger partial charge in [0.25, 0.3) is 0 Å². The molecule has 2 aromatic rings. The SMILES string of the molecule is CC1CCCCN1C1CN(C(=O)NCc2ccnc3ccccc23)C1. The van der Waals surface area contributed by atoms with Crippen molar-refractivity contribution in [2.24, 2.45) is 0 Å². The van der Waals surface area contributed by atoms with Crippen molar-refractivity contribution >= 4 is 16.9 Å². The molecule has 2 fully saturated rings. The van der Waals surface area contributed by atoms with Crippen molar-refractivity contribution in [2.45, 2.75) is 44.8 Å². The van der Waals surface area contributed by atoms with Gasteiger partial charge in [0.2, 0.25) is 0 Å². The number of hydrogen-bond donors (Lipinski definition) is 1. The van der Waals surface area contributed by atoms with Gasteiger partial charge in [-0.2, -0.15) is 0 Å². The van der Waals surface area contributed by atoms with Crippen LogP contribution in [-0.4, -0.2) is 52.5 Å². The van der Waals surface area contributed by atoms with E-state index in [2.05, 4.69) is 28.2 Å². The maximum absolute atomic E-state index is 12.4. The van der Waals surface area contributed by atoms with E-state index >= 15 is 0 Å². The number of fused-ring (bicyclic) bond motifs is 1. The lowest BCUT2D eigenvalue weighted by Crippen LogP contribution is -2.64. The van der Waals surface area contributed by atoms with Gasteiger partial charge in [0.1, 0.15) is 0 Å². The molecule has 5 nitrogen and oxygen atoms in total. The molecule has 1 aromatic heterocycles. The second kappa shape index (κ2) is 7.00. The molecule has 25 heavy (non-hydrogen) atoms. The number of likely N-dealkylation sites (tertiary alicyclic amines) is 2. The molecule has 2 aliphatic heterocycles. The van der Waals surface area contributed by atoms with Gasteiger partial charge in [0, 0.05) is 43.3 Å². The summed E-state index contributed by atoms with van der Waals surface area (Å²) in [7, 11) is 0. The van der Waals surface area contributed by atoms with E-state index in [0.717, 1.165) is 29.6 Å². The van der Waals surface area contributed by atoms with Crippen LogP contribution < -0.4 is 5.32 Å². The molecule has 0 aliphatic carbocycles. The minimum atomic E-state index is 0.0433. The minimum absolute atomic E-state index is 0.0433. The zero-order chi connectivity index (χ0) is 17.2. The summed E-state index contributed by atoms with van der Waals surface area (Å²) >= 11 is 0. The van der Waals surface area contributed by atoms with E-state index < -0.39 is 0 Å². The van der Waals surface area contributed by atoms with Gasteiger partial charge in [-0.15, -0.1) is 0 Å². The second-order valence-corrected chi connectivity index (χ2v) is 7.29. The Balaban J connectivity index is 1.31. The second-order valence-electron chi connectivity index (χ2n) is 7.29. The Morgan fingerprint density at radius 3 is 2.92 bits per heavy atom. The predicted molar refractivity (Wildman–Crippen MR) is 99.4 cm³/mol. The third kappa shape index (κ3) is 3.33. The van der Waals surface area contributed by atoms with Crippen molar-refractivity contribution in [3.05, 3.63) is 42.1 Å². The molecule has 132 valence electrons. The van der Waals surface area contributed by atoms with Gasteiger partial charge >= 0.3 is 6.03 Å². The molecular weight excluding hydrogens is 312 g/mol. The first-order valence-electron chi connectivity index (χ1n) is 9.33. The lowest BCUT2D eigenvalue weighted by molar-refractivity contribution is 0.0169. The number of piperidine rings is 1. The highest BCUT2D eigenvalue weighted by molar-refractivity contribution is 5.82. The number of rotatable bonds is 3. The highest BCUT2D eigenvalue weighted by atomic mass is 16.2. The summed E-state index contributed by atoms with van der Waals surface area (Å²) < 4.78 is 0. The summed E-state index contributed by atoms with van der Waals surface area (Å²) in [6.45, 7) is 5.75. The molecule has 5 heteroatoms. The third-order valence-corrected chi connectivity index (χ3v) is 5.64. The van der Waals surface area contributed by atoms with Crippen LogP contribution in [-0.2, 0) is 6.54 Å². The number of hydrogen-bond acceptors (Lipinski definition) is 3. The predicted octanol–water partition coefficient (Wildman–Crippen LogP) is 3.00. The number of nitrogens with zero attached hydrogens (tertiary/aromatic N) is 3. The molecule has 1 aromatic carbocycles. The summed E-state index contributed by atoms with van der Waals surface area (Å²) in [5, 5.41) is 4.17. The van der Waals surface area contributed by atoms with Crippen LogP contribution in [0, 0.1) is 0 Å². The number of nitrogens with one attached hydrogen (secondary N) is 1. The largest absolute Gasteiger partial charge is 0.334 e. The summed E-state index contributed by atoms with van der Waals surface area (Å²) in [4.78, 5) is 21.3. The average molecular weight is 338 g/mol. The number of aromatic nitrogens is 1. The summed E-state index contributed by atoms with van der Waals surface area (Å²) in [6, 6.07) is 11.3. The zero-order valence-corrected chi connectivity index (χ0v) is 14.8. The molecule has 1 unspecified atom stereocenters. The van der Waals surface area contributed by atoms with Gasteiger partial charge in [-0.05, 0) is 44.0 Å². The van der Waals surface area contributed by atoms with Crippen LogP contribution in [0.1, 0.15) is 31.7 Å². The van der Waals surface area contributed by atoms with Crippen molar-refractivity contribution in [3.63, 3.8) is 0 Å². The maximum Gasteiger partial charge on any atom is 0.317 e. The molecule has 0 saturated carbocycles. The van der Waals surface area contributed by atoms with Crippen LogP contribution in [0.25, 0.3) is 10.9 Å². The van der Waals surface area contributed by atoms with Gasteiger partial charge in [0.15, 0.2) is 0 Å². The van der Waals surface area contributed by atoms with Crippen LogP contribution in [0.15, 0.2) is 36.5 Å². The van der Waals surface area contributed by atoms with Crippen molar-refractivity contribution in [1.29, 1.82) is 0 Å². The van der Waals surface area contributed by atoms with Crippen molar-refractivity contribution in [2.75, 3.05) is 19.6 Å². The molecular formula is C20H26N4O. The Bertz CT molecular complexity index is 751. The smallest absolute Gasteiger partial charge is 0.317 e. The van der Waals surface area contributed by atoms with E-state index in [1.807, 2.05) is 29.2 Å².